The van der Waals surface area contributed by atoms with Crippen LogP contribution < -0.4 is 0 Å². The molecule has 2 rings (SSSR count). The first-order valence-electron chi connectivity index (χ1n) is 5.88. The number of aromatic carboxylic acids is 1. The Kier molecular flexibility index (Phi) is 3.97. The average Bonchev–Trinajstić information content (AvgIpc) is 3.19. The number of carboxylic acids is 1. The standard InChI is InChI=1S/C14H14O5/c1-2-4-9-5-3-6-11(12(9)13(15)16)14(17)19-8-10-7-18-10/h2-3,5-6,10H,1,4,7-8H2,(H,15,16). The van der Waals surface area contributed by atoms with Gasteiger partial charge in [-0.15, -0.1) is 6.58 Å². The Bertz CT molecular complexity index is 517. The fourth-order valence-corrected chi connectivity index (χ4v) is 1.76. The van der Waals surface area contributed by atoms with Crippen molar-refractivity contribution >= 4 is 11.9 Å². The number of carbonyl (C=O) groups is 2. The third-order valence-corrected chi connectivity index (χ3v) is 2.75. The highest BCUT2D eigenvalue weighted by molar-refractivity contribution is 6.03. The molecule has 1 aromatic carbocycles. The van der Waals surface area contributed by atoms with Crippen molar-refractivity contribution < 1.29 is 24.2 Å². The zero-order chi connectivity index (χ0) is 13.8. The van der Waals surface area contributed by atoms with Crippen molar-refractivity contribution in [1.82, 2.24) is 0 Å². The van der Waals surface area contributed by atoms with Crippen LogP contribution in [0.5, 0.6) is 0 Å². The van der Waals surface area contributed by atoms with Crippen LogP contribution in [0.25, 0.3) is 0 Å². The number of hydrogen-bond acceptors (Lipinski definition) is 4. The molecule has 0 aromatic heterocycles. The monoisotopic (exact) mass is 262 g/mol. The fraction of sp³-hybridized carbons (Fsp3) is 0.286. The molecule has 0 spiro atoms. The predicted octanol–water partition coefficient (Wildman–Crippen LogP) is 1.67. The normalized spacial score (nSPS) is 16.7. The van der Waals surface area contributed by atoms with Crippen molar-refractivity contribution in [2.75, 3.05) is 13.2 Å². The van der Waals surface area contributed by atoms with E-state index in [1.165, 1.54) is 6.07 Å². The Morgan fingerprint density at radius 1 is 1.53 bits per heavy atom. The van der Waals surface area contributed by atoms with Gasteiger partial charge in [0, 0.05) is 0 Å². The first kappa shape index (κ1) is 13.3. The highest BCUT2D eigenvalue weighted by Crippen LogP contribution is 2.18. The minimum absolute atomic E-state index is 0.0240. The molecule has 1 fully saturated rings. The first-order valence-corrected chi connectivity index (χ1v) is 5.88. The van der Waals surface area contributed by atoms with Crippen LogP contribution in [-0.4, -0.2) is 36.4 Å². The molecular formula is C14H14O5. The molecule has 1 unspecified atom stereocenters. The van der Waals surface area contributed by atoms with Crippen molar-refractivity contribution in [3.8, 4) is 0 Å². The fourth-order valence-electron chi connectivity index (χ4n) is 1.76. The largest absolute Gasteiger partial charge is 0.478 e. The van der Waals surface area contributed by atoms with Gasteiger partial charge in [-0.3, -0.25) is 0 Å². The molecule has 0 saturated carbocycles. The van der Waals surface area contributed by atoms with Crippen molar-refractivity contribution in [1.29, 1.82) is 0 Å². The Morgan fingerprint density at radius 3 is 2.84 bits per heavy atom. The molecule has 0 bridgehead atoms. The summed E-state index contributed by atoms with van der Waals surface area (Å²) in [7, 11) is 0. The lowest BCUT2D eigenvalue weighted by Crippen LogP contribution is -2.16. The Balaban J connectivity index is 2.26. The number of rotatable bonds is 6. The molecule has 1 heterocycles. The summed E-state index contributed by atoms with van der Waals surface area (Å²) in [5.74, 6) is -1.79. The second-order valence-corrected chi connectivity index (χ2v) is 4.19. The lowest BCUT2D eigenvalue weighted by atomic mass is 9.99. The van der Waals surface area contributed by atoms with E-state index in [2.05, 4.69) is 6.58 Å². The Hall–Kier alpha value is -2.14. The van der Waals surface area contributed by atoms with Gasteiger partial charge in [0.2, 0.25) is 0 Å². The molecule has 1 atom stereocenters. The number of epoxide rings is 1. The van der Waals surface area contributed by atoms with Gasteiger partial charge >= 0.3 is 11.9 Å². The lowest BCUT2D eigenvalue weighted by molar-refractivity contribution is 0.0467. The maximum atomic E-state index is 11.9. The minimum Gasteiger partial charge on any atom is -0.478 e. The van der Waals surface area contributed by atoms with Crippen molar-refractivity contribution in [3.63, 3.8) is 0 Å². The maximum absolute atomic E-state index is 11.9. The second kappa shape index (κ2) is 5.67. The van der Waals surface area contributed by atoms with Crippen LogP contribution in [0, 0.1) is 0 Å². The third-order valence-electron chi connectivity index (χ3n) is 2.75. The van der Waals surface area contributed by atoms with Gasteiger partial charge in [-0.25, -0.2) is 9.59 Å². The van der Waals surface area contributed by atoms with E-state index in [0.717, 1.165) is 0 Å². The summed E-state index contributed by atoms with van der Waals surface area (Å²) in [6, 6.07) is 4.74. The van der Waals surface area contributed by atoms with E-state index in [1.54, 1.807) is 18.2 Å². The molecule has 0 aliphatic carbocycles. The van der Waals surface area contributed by atoms with Crippen LogP contribution in [0.4, 0.5) is 0 Å². The quantitative estimate of drug-likeness (QED) is 0.479. The number of carbonyl (C=O) groups excluding carboxylic acids is 1. The van der Waals surface area contributed by atoms with E-state index in [-0.39, 0.29) is 23.8 Å². The number of hydrogen-bond donors (Lipinski definition) is 1. The molecule has 1 saturated heterocycles. The summed E-state index contributed by atoms with van der Waals surface area (Å²) in [6.07, 6.45) is 1.93. The zero-order valence-electron chi connectivity index (χ0n) is 10.3. The van der Waals surface area contributed by atoms with Gasteiger partial charge in [0.05, 0.1) is 17.7 Å². The lowest BCUT2D eigenvalue weighted by Gasteiger charge is -2.09. The smallest absolute Gasteiger partial charge is 0.339 e. The summed E-state index contributed by atoms with van der Waals surface area (Å²) >= 11 is 0. The average molecular weight is 262 g/mol. The van der Waals surface area contributed by atoms with E-state index in [4.69, 9.17) is 9.47 Å². The molecule has 1 aliphatic rings. The van der Waals surface area contributed by atoms with Crippen molar-refractivity contribution in [3.05, 3.63) is 47.5 Å². The van der Waals surface area contributed by atoms with E-state index in [1.807, 2.05) is 0 Å². The number of benzene rings is 1. The van der Waals surface area contributed by atoms with E-state index in [0.29, 0.717) is 18.6 Å². The van der Waals surface area contributed by atoms with E-state index < -0.39 is 11.9 Å². The Morgan fingerprint density at radius 2 is 2.26 bits per heavy atom. The molecule has 100 valence electrons. The zero-order valence-corrected chi connectivity index (χ0v) is 10.3. The van der Waals surface area contributed by atoms with Crippen LogP contribution in [-0.2, 0) is 15.9 Å². The first-order chi connectivity index (χ1) is 9.13. The SMILES string of the molecule is C=CCc1cccc(C(=O)OCC2CO2)c1C(=O)O. The number of ether oxygens (including phenoxy) is 2. The van der Waals surface area contributed by atoms with Crippen molar-refractivity contribution in [2.24, 2.45) is 0 Å². The number of esters is 1. The summed E-state index contributed by atoms with van der Waals surface area (Å²) in [5, 5.41) is 9.24. The number of allylic oxidation sites excluding steroid dienone is 1. The molecular weight excluding hydrogens is 248 g/mol. The molecule has 1 aliphatic heterocycles. The molecule has 1 aromatic rings. The van der Waals surface area contributed by atoms with Crippen LogP contribution in [0.2, 0.25) is 0 Å². The highest BCUT2D eigenvalue weighted by Gasteiger charge is 2.26. The van der Waals surface area contributed by atoms with Gasteiger partial charge in [0.1, 0.15) is 12.7 Å². The Labute approximate surface area is 110 Å². The van der Waals surface area contributed by atoms with Crippen molar-refractivity contribution in [2.45, 2.75) is 12.5 Å². The van der Waals surface area contributed by atoms with Gasteiger partial charge in [-0.1, -0.05) is 18.2 Å². The van der Waals surface area contributed by atoms with Gasteiger partial charge in [0.15, 0.2) is 0 Å². The molecule has 5 heteroatoms. The molecule has 1 N–H and O–H groups in total. The van der Waals surface area contributed by atoms with Crippen LogP contribution >= 0.6 is 0 Å². The molecule has 5 nitrogen and oxygen atoms in total. The molecule has 19 heavy (non-hydrogen) atoms. The van der Waals surface area contributed by atoms with E-state index in [9.17, 15) is 14.7 Å². The van der Waals surface area contributed by atoms with E-state index >= 15 is 0 Å². The second-order valence-electron chi connectivity index (χ2n) is 4.19. The third kappa shape index (κ3) is 3.20. The summed E-state index contributed by atoms with van der Waals surface area (Å²) < 4.78 is 9.95. The predicted molar refractivity (Wildman–Crippen MR) is 67.3 cm³/mol. The van der Waals surface area contributed by atoms with Gasteiger partial charge in [0.25, 0.3) is 0 Å². The van der Waals surface area contributed by atoms with Crippen LogP contribution in [0.3, 0.4) is 0 Å². The maximum Gasteiger partial charge on any atom is 0.339 e. The summed E-state index contributed by atoms with van der Waals surface area (Å²) in [4.78, 5) is 23.2. The van der Waals surface area contributed by atoms with Crippen LogP contribution in [0.15, 0.2) is 30.9 Å². The number of carboxylic acid groups (broad SMARTS) is 1. The van der Waals surface area contributed by atoms with Gasteiger partial charge in [-0.05, 0) is 18.1 Å². The topological polar surface area (TPSA) is 76.1 Å². The minimum atomic E-state index is -1.15. The van der Waals surface area contributed by atoms with Gasteiger partial charge in [-0.2, -0.15) is 0 Å². The van der Waals surface area contributed by atoms with Gasteiger partial charge < -0.3 is 14.6 Å². The summed E-state index contributed by atoms with van der Waals surface area (Å²) in [5.41, 5.74) is 0.580. The van der Waals surface area contributed by atoms with Crippen LogP contribution in [0.1, 0.15) is 26.3 Å². The summed E-state index contributed by atoms with van der Waals surface area (Å²) in [6.45, 7) is 4.31. The molecule has 0 amide bonds. The molecule has 0 radical (unpaired) electrons. The highest BCUT2D eigenvalue weighted by atomic mass is 16.6.